The molecule has 0 aliphatic carbocycles. The molecule has 92 valence electrons. The molecule has 0 bridgehead atoms. The van der Waals surface area contributed by atoms with E-state index < -0.39 is 0 Å². The second-order valence-electron chi connectivity index (χ2n) is 4.05. The van der Waals surface area contributed by atoms with Crippen molar-refractivity contribution in [2.75, 3.05) is 12.3 Å². The van der Waals surface area contributed by atoms with Gasteiger partial charge in [-0.2, -0.15) is 0 Å². The minimum absolute atomic E-state index is 0. The van der Waals surface area contributed by atoms with Crippen LogP contribution in [0, 0.1) is 0 Å². The number of hydrogen-bond acceptors (Lipinski definition) is 4. The molecule has 0 saturated carbocycles. The Morgan fingerprint density at radius 3 is 3.06 bits per heavy atom. The standard InChI is InChI=1S/C12H14N2OS.ClH/c1-2-6-11-10(5-1)14-12(15-11)16-8-9-4-3-7-13-9;/h1-2,5-6,9,13H,3-4,7-8H2;1H. The number of thioether (sulfide) groups is 1. The lowest BCUT2D eigenvalue weighted by Gasteiger charge is -2.06. The maximum Gasteiger partial charge on any atom is 0.256 e. The van der Waals surface area contributed by atoms with Gasteiger partial charge in [0.25, 0.3) is 5.22 Å². The molecule has 2 heterocycles. The topological polar surface area (TPSA) is 38.1 Å². The molecule has 1 aliphatic rings. The number of benzene rings is 1. The normalized spacial score (nSPS) is 19.4. The highest BCUT2D eigenvalue weighted by atomic mass is 35.5. The van der Waals surface area contributed by atoms with E-state index >= 15 is 0 Å². The summed E-state index contributed by atoms with van der Waals surface area (Å²) in [6, 6.07) is 8.52. The number of nitrogens with one attached hydrogen (secondary N) is 1. The van der Waals surface area contributed by atoms with Crippen LogP contribution in [0.4, 0.5) is 0 Å². The van der Waals surface area contributed by atoms with Crippen LogP contribution in [-0.4, -0.2) is 23.3 Å². The third-order valence-corrected chi connectivity index (χ3v) is 3.84. The first-order chi connectivity index (χ1) is 7.92. The molecule has 3 nitrogen and oxygen atoms in total. The van der Waals surface area contributed by atoms with Gasteiger partial charge < -0.3 is 9.73 Å². The van der Waals surface area contributed by atoms with Gasteiger partial charge >= 0.3 is 0 Å². The van der Waals surface area contributed by atoms with E-state index in [4.69, 9.17) is 4.42 Å². The Labute approximate surface area is 111 Å². The van der Waals surface area contributed by atoms with Crippen LogP contribution in [0.1, 0.15) is 12.8 Å². The molecule has 1 aromatic heterocycles. The molecule has 0 radical (unpaired) electrons. The van der Waals surface area contributed by atoms with Crippen LogP contribution < -0.4 is 5.32 Å². The van der Waals surface area contributed by atoms with Gasteiger partial charge in [-0.3, -0.25) is 0 Å². The van der Waals surface area contributed by atoms with Crippen LogP contribution in [-0.2, 0) is 0 Å². The van der Waals surface area contributed by atoms with Gasteiger partial charge in [-0.05, 0) is 31.5 Å². The SMILES string of the molecule is Cl.c1ccc2oc(SCC3CCCN3)nc2c1. The second-order valence-corrected chi connectivity index (χ2v) is 5.02. The average Bonchev–Trinajstić information content (AvgIpc) is 2.95. The van der Waals surface area contributed by atoms with Crippen LogP contribution in [0.15, 0.2) is 33.9 Å². The van der Waals surface area contributed by atoms with E-state index in [2.05, 4.69) is 10.3 Å². The number of fused-ring (bicyclic) bond motifs is 1. The number of halogens is 1. The molecule has 0 spiro atoms. The van der Waals surface area contributed by atoms with E-state index in [-0.39, 0.29) is 12.4 Å². The molecule has 1 saturated heterocycles. The van der Waals surface area contributed by atoms with E-state index in [1.807, 2.05) is 24.3 Å². The predicted molar refractivity (Wildman–Crippen MR) is 73.0 cm³/mol. The van der Waals surface area contributed by atoms with Gasteiger partial charge in [0.2, 0.25) is 0 Å². The van der Waals surface area contributed by atoms with Crippen molar-refractivity contribution in [3.05, 3.63) is 24.3 Å². The summed E-state index contributed by atoms with van der Waals surface area (Å²) < 4.78 is 5.65. The molecule has 1 atom stereocenters. The highest BCUT2D eigenvalue weighted by Crippen LogP contribution is 2.24. The largest absolute Gasteiger partial charge is 0.431 e. The molecule has 0 amide bonds. The molecule has 1 aliphatic heterocycles. The monoisotopic (exact) mass is 270 g/mol. The van der Waals surface area contributed by atoms with Crippen molar-refractivity contribution in [2.45, 2.75) is 24.1 Å². The first kappa shape index (κ1) is 12.7. The zero-order chi connectivity index (χ0) is 10.8. The summed E-state index contributed by atoms with van der Waals surface area (Å²) in [7, 11) is 0. The highest BCUT2D eigenvalue weighted by Gasteiger charge is 2.15. The van der Waals surface area contributed by atoms with E-state index in [0.29, 0.717) is 6.04 Å². The molecule has 3 rings (SSSR count). The van der Waals surface area contributed by atoms with E-state index in [1.54, 1.807) is 11.8 Å². The summed E-state index contributed by atoms with van der Waals surface area (Å²) in [5, 5.41) is 4.26. The van der Waals surface area contributed by atoms with Gasteiger partial charge in [0.1, 0.15) is 5.52 Å². The van der Waals surface area contributed by atoms with Crippen LogP contribution >= 0.6 is 24.2 Å². The lowest BCUT2D eigenvalue weighted by atomic mass is 10.3. The third kappa shape index (κ3) is 2.94. The van der Waals surface area contributed by atoms with E-state index in [0.717, 1.165) is 28.6 Å². The van der Waals surface area contributed by atoms with Crippen LogP contribution in [0.2, 0.25) is 0 Å². The van der Waals surface area contributed by atoms with E-state index in [9.17, 15) is 0 Å². The number of para-hydroxylation sites is 2. The summed E-state index contributed by atoms with van der Waals surface area (Å²) in [5.41, 5.74) is 1.83. The zero-order valence-corrected chi connectivity index (χ0v) is 11.0. The van der Waals surface area contributed by atoms with Crippen molar-refractivity contribution in [3.63, 3.8) is 0 Å². The average molecular weight is 271 g/mol. The van der Waals surface area contributed by atoms with Crippen molar-refractivity contribution in [2.24, 2.45) is 0 Å². The molecular weight excluding hydrogens is 256 g/mol. The molecule has 1 aromatic carbocycles. The van der Waals surface area contributed by atoms with Gasteiger partial charge in [0.05, 0.1) is 0 Å². The summed E-state index contributed by atoms with van der Waals surface area (Å²) in [4.78, 5) is 4.44. The molecule has 5 heteroatoms. The molecule has 1 unspecified atom stereocenters. The minimum atomic E-state index is 0. The van der Waals surface area contributed by atoms with Crippen molar-refractivity contribution in [1.82, 2.24) is 10.3 Å². The van der Waals surface area contributed by atoms with Crippen LogP contribution in [0.5, 0.6) is 0 Å². The van der Waals surface area contributed by atoms with Crippen LogP contribution in [0.3, 0.4) is 0 Å². The predicted octanol–water partition coefficient (Wildman–Crippen LogP) is 3.09. The summed E-state index contributed by atoms with van der Waals surface area (Å²) in [6.07, 6.45) is 2.56. The number of aromatic nitrogens is 1. The molecule has 1 fully saturated rings. The summed E-state index contributed by atoms with van der Waals surface area (Å²) in [5.74, 6) is 1.05. The van der Waals surface area contributed by atoms with Gasteiger partial charge in [-0.25, -0.2) is 4.98 Å². The van der Waals surface area contributed by atoms with Crippen molar-refractivity contribution < 1.29 is 4.42 Å². The molecule has 2 aromatic rings. The maximum absolute atomic E-state index is 5.65. The third-order valence-electron chi connectivity index (χ3n) is 2.84. The van der Waals surface area contributed by atoms with Crippen molar-refractivity contribution in [3.8, 4) is 0 Å². The van der Waals surface area contributed by atoms with Gasteiger partial charge in [0.15, 0.2) is 5.58 Å². The minimum Gasteiger partial charge on any atom is -0.431 e. The summed E-state index contributed by atoms with van der Waals surface area (Å²) >= 11 is 1.70. The number of rotatable bonds is 3. The Kier molecular flexibility index (Phi) is 4.31. The fourth-order valence-electron chi connectivity index (χ4n) is 1.98. The van der Waals surface area contributed by atoms with Crippen LogP contribution in [0.25, 0.3) is 11.1 Å². The van der Waals surface area contributed by atoms with Gasteiger partial charge in [0, 0.05) is 11.8 Å². The Bertz CT molecular complexity index is 449. The molecular formula is C12H15ClN2OS. The quantitative estimate of drug-likeness (QED) is 0.870. The first-order valence-electron chi connectivity index (χ1n) is 5.63. The fourth-order valence-corrected chi connectivity index (χ4v) is 2.92. The van der Waals surface area contributed by atoms with Gasteiger partial charge in [-0.15, -0.1) is 12.4 Å². The summed E-state index contributed by atoms with van der Waals surface area (Å²) in [6.45, 7) is 1.15. The first-order valence-corrected chi connectivity index (χ1v) is 6.62. The fraction of sp³-hybridized carbons (Fsp3) is 0.417. The Hall–Kier alpha value is -0.710. The van der Waals surface area contributed by atoms with Crippen molar-refractivity contribution in [1.29, 1.82) is 0 Å². The van der Waals surface area contributed by atoms with Crippen molar-refractivity contribution >= 4 is 35.3 Å². The molecule has 17 heavy (non-hydrogen) atoms. The lowest BCUT2D eigenvalue weighted by Crippen LogP contribution is -2.23. The zero-order valence-electron chi connectivity index (χ0n) is 9.39. The van der Waals surface area contributed by atoms with Gasteiger partial charge in [-0.1, -0.05) is 23.9 Å². The Morgan fingerprint density at radius 2 is 2.29 bits per heavy atom. The number of nitrogens with zero attached hydrogens (tertiary/aromatic N) is 1. The number of hydrogen-bond donors (Lipinski definition) is 1. The van der Waals surface area contributed by atoms with E-state index in [1.165, 1.54) is 12.8 Å². The smallest absolute Gasteiger partial charge is 0.256 e. The Balaban J connectivity index is 0.00000108. The highest BCUT2D eigenvalue weighted by molar-refractivity contribution is 7.99. The number of oxazole rings is 1. The second kappa shape index (κ2) is 5.76. The maximum atomic E-state index is 5.65. The lowest BCUT2D eigenvalue weighted by molar-refractivity contribution is 0.488. The molecule has 1 N–H and O–H groups in total. The Morgan fingerprint density at radius 1 is 1.41 bits per heavy atom.